The highest BCUT2D eigenvalue weighted by molar-refractivity contribution is 6.23. The molecule has 8 rings (SSSR count). The van der Waals surface area contributed by atoms with E-state index in [0.29, 0.717) is 17.8 Å². The molecule has 0 aromatic heterocycles. The van der Waals surface area contributed by atoms with E-state index in [0.717, 1.165) is 36.8 Å². The summed E-state index contributed by atoms with van der Waals surface area (Å²) in [4.78, 5) is 55.1. The molecule has 8 unspecified atom stereocenters. The molecular formula is C39H42N2O4. The van der Waals surface area contributed by atoms with E-state index in [9.17, 15) is 19.2 Å². The molecule has 4 aliphatic carbocycles. The number of hydrogen-bond acceptors (Lipinski definition) is 4. The molecule has 0 radical (unpaired) electrons. The standard InChI is InChI=1S/C31H26N2O4.2C4H8/c34-28-24-18-5-6-19(14-18)25(24)29(35)32(28)22-9-1-16(2-10-22)13-17-3-11-23(12-4-17)33-30(36)26-20-7-8-21(15-20)27(26)31(33)37;2*1-3-4-2/h1-12,18-21,24-27H,13-15H2;2*3H,1,4H2,2H3. The second kappa shape index (κ2) is 12.6. The number of rotatable bonds is 6. The van der Waals surface area contributed by atoms with Crippen LogP contribution in [0.1, 0.15) is 50.7 Å². The van der Waals surface area contributed by atoms with E-state index in [-0.39, 0.29) is 71.0 Å². The van der Waals surface area contributed by atoms with Crippen molar-refractivity contribution in [2.45, 2.75) is 46.0 Å². The second-order valence-corrected chi connectivity index (χ2v) is 12.9. The molecule has 2 saturated heterocycles. The van der Waals surface area contributed by atoms with E-state index in [1.165, 1.54) is 9.80 Å². The van der Waals surface area contributed by atoms with Gasteiger partial charge in [0, 0.05) is 0 Å². The summed E-state index contributed by atoms with van der Waals surface area (Å²) in [6.45, 7) is 11.1. The Labute approximate surface area is 266 Å². The maximum absolute atomic E-state index is 13.1. The first-order chi connectivity index (χ1) is 21.8. The molecule has 4 amide bonds. The van der Waals surface area contributed by atoms with Crippen LogP contribution in [0.4, 0.5) is 11.4 Å². The molecule has 2 aromatic rings. The van der Waals surface area contributed by atoms with Gasteiger partial charge in [0.1, 0.15) is 0 Å². The number of anilines is 2. The first kappa shape index (κ1) is 30.7. The fourth-order valence-corrected chi connectivity index (χ4v) is 8.08. The van der Waals surface area contributed by atoms with Crippen LogP contribution in [0.2, 0.25) is 0 Å². The number of benzene rings is 2. The molecule has 8 atom stereocenters. The summed E-state index contributed by atoms with van der Waals surface area (Å²) in [5.41, 5.74) is 3.40. The van der Waals surface area contributed by atoms with E-state index >= 15 is 0 Å². The summed E-state index contributed by atoms with van der Waals surface area (Å²) in [5, 5.41) is 0. The summed E-state index contributed by atoms with van der Waals surface area (Å²) < 4.78 is 0. The van der Waals surface area contributed by atoms with Gasteiger partial charge in [0.15, 0.2) is 0 Å². The topological polar surface area (TPSA) is 74.8 Å². The lowest BCUT2D eigenvalue weighted by molar-refractivity contribution is -0.124. The summed E-state index contributed by atoms with van der Waals surface area (Å²) in [6, 6.07) is 15.3. The third-order valence-corrected chi connectivity index (χ3v) is 10.3. The van der Waals surface area contributed by atoms with Gasteiger partial charge in [-0.3, -0.25) is 29.0 Å². The van der Waals surface area contributed by atoms with Crippen molar-refractivity contribution in [3.05, 3.63) is 109 Å². The number of carbonyl (C=O) groups is 4. The third kappa shape index (κ3) is 5.24. The number of carbonyl (C=O) groups excluding carboxylic acids is 4. The minimum Gasteiger partial charge on any atom is -0.274 e. The van der Waals surface area contributed by atoms with Crippen molar-refractivity contribution in [1.82, 2.24) is 0 Å². The van der Waals surface area contributed by atoms with Crippen LogP contribution in [0.25, 0.3) is 0 Å². The summed E-state index contributed by atoms with van der Waals surface area (Å²) in [7, 11) is 0. The smallest absolute Gasteiger partial charge is 0.238 e. The molecule has 45 heavy (non-hydrogen) atoms. The maximum Gasteiger partial charge on any atom is 0.238 e. The van der Waals surface area contributed by atoms with E-state index in [2.05, 4.69) is 51.3 Å². The van der Waals surface area contributed by atoms with Gasteiger partial charge in [0.25, 0.3) is 0 Å². The minimum absolute atomic E-state index is 0.0610. The number of imide groups is 2. The Bertz CT molecular complexity index is 1390. The number of amides is 4. The highest BCUT2D eigenvalue weighted by atomic mass is 16.2. The first-order valence-corrected chi connectivity index (χ1v) is 16.3. The van der Waals surface area contributed by atoms with Gasteiger partial charge in [0.05, 0.1) is 35.0 Å². The van der Waals surface area contributed by atoms with Crippen molar-refractivity contribution in [1.29, 1.82) is 0 Å². The highest BCUT2D eigenvalue weighted by Gasteiger charge is 2.60. The van der Waals surface area contributed by atoms with Crippen LogP contribution >= 0.6 is 0 Å². The Morgan fingerprint density at radius 1 is 0.556 bits per heavy atom. The largest absolute Gasteiger partial charge is 0.274 e. The van der Waals surface area contributed by atoms with Crippen LogP contribution < -0.4 is 9.80 Å². The molecule has 4 bridgehead atoms. The summed E-state index contributed by atoms with van der Waals surface area (Å²) in [6.07, 6.45) is 16.9. The molecule has 4 fully saturated rings. The Balaban J connectivity index is 0.000000403. The van der Waals surface area contributed by atoms with Crippen molar-refractivity contribution in [2.75, 3.05) is 9.80 Å². The fourth-order valence-electron chi connectivity index (χ4n) is 8.08. The number of fused-ring (bicyclic) bond motifs is 10. The average molecular weight is 603 g/mol. The molecule has 2 heterocycles. The molecule has 232 valence electrons. The summed E-state index contributed by atoms with van der Waals surface area (Å²) in [5.74, 6) is -0.198. The van der Waals surface area contributed by atoms with Gasteiger partial charge in [-0.2, -0.15) is 0 Å². The summed E-state index contributed by atoms with van der Waals surface area (Å²) >= 11 is 0. The van der Waals surface area contributed by atoms with E-state index in [4.69, 9.17) is 0 Å². The molecule has 2 saturated carbocycles. The van der Waals surface area contributed by atoms with Gasteiger partial charge in [-0.1, -0.05) is 74.6 Å². The molecule has 6 heteroatoms. The molecule has 0 spiro atoms. The predicted molar refractivity (Wildman–Crippen MR) is 177 cm³/mol. The quantitative estimate of drug-likeness (QED) is 0.262. The van der Waals surface area contributed by atoms with Crippen LogP contribution in [0, 0.1) is 47.3 Å². The van der Waals surface area contributed by atoms with Gasteiger partial charge in [0.2, 0.25) is 23.6 Å². The SMILES string of the molecule is C=CCC.C=CCC.O=C1C2C3C=CC(C3)C2C(=O)N1c1ccc(Cc2ccc(N3C(=O)C4C5C=CC(C5)C4C3=O)cc2)cc1. The number of nitrogens with zero attached hydrogens (tertiary/aromatic N) is 2. The minimum atomic E-state index is -0.193. The number of allylic oxidation sites excluding steroid dienone is 6. The van der Waals surface area contributed by atoms with Crippen molar-refractivity contribution >= 4 is 35.0 Å². The van der Waals surface area contributed by atoms with Crippen LogP contribution in [0.15, 0.2) is 98.1 Å². The maximum atomic E-state index is 13.1. The zero-order valence-corrected chi connectivity index (χ0v) is 26.2. The van der Waals surface area contributed by atoms with Crippen molar-refractivity contribution in [2.24, 2.45) is 47.3 Å². The monoisotopic (exact) mass is 602 g/mol. The molecule has 0 N–H and O–H groups in total. The molecular weight excluding hydrogens is 560 g/mol. The molecule has 6 nitrogen and oxygen atoms in total. The van der Waals surface area contributed by atoms with Crippen molar-refractivity contribution in [3.8, 4) is 0 Å². The molecule has 2 aliphatic heterocycles. The lowest BCUT2D eigenvalue weighted by Crippen LogP contribution is -2.32. The van der Waals surface area contributed by atoms with Gasteiger partial charge in [-0.05, 0) is 91.2 Å². The van der Waals surface area contributed by atoms with Crippen molar-refractivity contribution in [3.63, 3.8) is 0 Å². The molecule has 2 aromatic carbocycles. The average Bonchev–Trinajstić information content (AvgIpc) is 3.92. The Morgan fingerprint density at radius 2 is 0.822 bits per heavy atom. The zero-order valence-electron chi connectivity index (χ0n) is 26.2. The van der Waals surface area contributed by atoms with Gasteiger partial charge in [-0.25, -0.2) is 0 Å². The first-order valence-electron chi connectivity index (χ1n) is 16.3. The fraction of sp³-hybridized carbons (Fsp3) is 0.385. The van der Waals surface area contributed by atoms with Crippen LogP contribution in [-0.2, 0) is 25.6 Å². The second-order valence-electron chi connectivity index (χ2n) is 12.9. The Hall–Kier alpha value is -4.32. The Morgan fingerprint density at radius 3 is 1.07 bits per heavy atom. The van der Waals surface area contributed by atoms with Gasteiger partial charge in [-0.15, -0.1) is 13.2 Å². The van der Waals surface area contributed by atoms with E-state index < -0.39 is 0 Å². The van der Waals surface area contributed by atoms with Gasteiger partial charge >= 0.3 is 0 Å². The predicted octanol–water partition coefficient (Wildman–Crippen LogP) is 7.07. The normalized spacial score (nSPS) is 31.1. The highest BCUT2D eigenvalue weighted by Crippen LogP contribution is 2.54. The van der Waals surface area contributed by atoms with Gasteiger partial charge < -0.3 is 0 Å². The number of hydrogen-bond donors (Lipinski definition) is 0. The van der Waals surface area contributed by atoms with E-state index in [1.54, 1.807) is 0 Å². The van der Waals surface area contributed by atoms with Crippen LogP contribution in [-0.4, -0.2) is 23.6 Å². The lowest BCUT2D eigenvalue weighted by Gasteiger charge is -2.18. The van der Waals surface area contributed by atoms with Crippen LogP contribution in [0.5, 0.6) is 0 Å². The lowest BCUT2D eigenvalue weighted by atomic mass is 9.85. The van der Waals surface area contributed by atoms with E-state index in [1.807, 2.05) is 60.7 Å². The van der Waals surface area contributed by atoms with Crippen molar-refractivity contribution < 1.29 is 19.2 Å². The third-order valence-electron chi connectivity index (χ3n) is 10.3. The Kier molecular flexibility index (Phi) is 8.59. The zero-order chi connectivity index (χ0) is 31.8. The molecule has 6 aliphatic rings. The van der Waals surface area contributed by atoms with Crippen LogP contribution in [0.3, 0.4) is 0 Å².